The molecule has 126 valence electrons. The third-order valence-electron chi connectivity index (χ3n) is 4.68. The summed E-state index contributed by atoms with van der Waals surface area (Å²) >= 11 is 6.03. The second kappa shape index (κ2) is 7.75. The Balaban J connectivity index is 1.55. The highest BCUT2D eigenvalue weighted by molar-refractivity contribution is 6.30. The summed E-state index contributed by atoms with van der Waals surface area (Å²) < 4.78 is 0. The molecule has 1 aliphatic heterocycles. The van der Waals surface area contributed by atoms with Gasteiger partial charge in [0.05, 0.1) is 0 Å². The van der Waals surface area contributed by atoms with Crippen LogP contribution in [-0.4, -0.2) is 33.9 Å². The molecular weight excluding hydrogens is 322 g/mol. The molecule has 1 amide bonds. The Labute approximate surface area is 147 Å². The average molecular weight is 344 g/mol. The lowest BCUT2D eigenvalue weighted by atomic mass is 9.92. The van der Waals surface area contributed by atoms with Crippen molar-refractivity contribution in [3.8, 4) is 0 Å². The van der Waals surface area contributed by atoms with Crippen LogP contribution >= 0.6 is 11.6 Å². The predicted octanol–water partition coefficient (Wildman–Crippen LogP) is 3.71. The highest BCUT2D eigenvalue weighted by Crippen LogP contribution is 2.27. The second-order valence-electron chi connectivity index (χ2n) is 6.47. The van der Waals surface area contributed by atoms with Gasteiger partial charge < -0.3 is 4.90 Å². The number of carbonyl (C=O) groups is 1. The molecule has 2 aromatic rings. The quantitative estimate of drug-likeness (QED) is 0.850. The number of halogens is 1. The standard InChI is InChI=1S/C19H22ClN3O/c1-14(11-15-3-2-4-17(20)12-15)19(24)23-9-6-16(7-10-23)18-5-8-21-13-22-18/h2-5,8,12-14,16H,6-7,9-11H2,1H3. The molecule has 0 saturated carbocycles. The van der Waals surface area contributed by atoms with Crippen LogP contribution in [0.5, 0.6) is 0 Å². The fourth-order valence-electron chi connectivity index (χ4n) is 3.35. The van der Waals surface area contributed by atoms with Gasteiger partial charge >= 0.3 is 0 Å². The van der Waals surface area contributed by atoms with Gasteiger partial charge in [0.1, 0.15) is 6.33 Å². The van der Waals surface area contributed by atoms with Crippen molar-refractivity contribution in [2.75, 3.05) is 13.1 Å². The van der Waals surface area contributed by atoms with Crippen LogP contribution in [0.1, 0.15) is 36.9 Å². The number of carbonyl (C=O) groups excluding carboxylic acids is 1. The van der Waals surface area contributed by atoms with Crippen molar-refractivity contribution in [3.05, 3.63) is 59.1 Å². The number of likely N-dealkylation sites (tertiary alicyclic amines) is 1. The van der Waals surface area contributed by atoms with E-state index in [1.54, 1.807) is 12.5 Å². The minimum Gasteiger partial charge on any atom is -0.342 e. The second-order valence-corrected chi connectivity index (χ2v) is 6.91. The molecule has 0 aliphatic carbocycles. The molecule has 24 heavy (non-hydrogen) atoms. The maximum atomic E-state index is 12.7. The summed E-state index contributed by atoms with van der Waals surface area (Å²) in [7, 11) is 0. The maximum absolute atomic E-state index is 12.7. The van der Waals surface area contributed by atoms with Gasteiger partial charge in [-0.1, -0.05) is 30.7 Å². The van der Waals surface area contributed by atoms with E-state index in [2.05, 4.69) is 9.97 Å². The highest BCUT2D eigenvalue weighted by atomic mass is 35.5. The van der Waals surface area contributed by atoms with Crippen LogP contribution in [0.15, 0.2) is 42.9 Å². The maximum Gasteiger partial charge on any atom is 0.225 e. The normalized spacial score (nSPS) is 16.8. The van der Waals surface area contributed by atoms with Crippen molar-refractivity contribution in [2.24, 2.45) is 5.92 Å². The summed E-state index contributed by atoms with van der Waals surface area (Å²) in [6.45, 7) is 3.60. The molecule has 1 aromatic carbocycles. The first-order valence-electron chi connectivity index (χ1n) is 8.42. The van der Waals surface area contributed by atoms with Crippen LogP contribution in [-0.2, 0) is 11.2 Å². The first kappa shape index (κ1) is 16.9. The molecule has 0 radical (unpaired) electrons. The van der Waals surface area contributed by atoms with Crippen molar-refractivity contribution >= 4 is 17.5 Å². The number of amides is 1. The van der Waals surface area contributed by atoms with E-state index in [0.717, 1.165) is 48.6 Å². The van der Waals surface area contributed by atoms with Gasteiger partial charge in [-0.05, 0) is 43.0 Å². The minimum absolute atomic E-state index is 0.0286. The number of nitrogens with zero attached hydrogens (tertiary/aromatic N) is 3. The number of piperidine rings is 1. The smallest absolute Gasteiger partial charge is 0.225 e. The molecule has 0 bridgehead atoms. The van der Waals surface area contributed by atoms with E-state index in [9.17, 15) is 4.79 Å². The molecule has 1 fully saturated rings. The van der Waals surface area contributed by atoms with Gasteiger partial charge in [-0.15, -0.1) is 0 Å². The lowest BCUT2D eigenvalue weighted by Gasteiger charge is -2.33. The van der Waals surface area contributed by atoms with Crippen molar-refractivity contribution in [1.82, 2.24) is 14.9 Å². The highest BCUT2D eigenvalue weighted by Gasteiger charge is 2.27. The third-order valence-corrected chi connectivity index (χ3v) is 4.92. The van der Waals surface area contributed by atoms with Crippen LogP contribution < -0.4 is 0 Å². The predicted molar refractivity (Wildman–Crippen MR) is 94.9 cm³/mol. The summed E-state index contributed by atoms with van der Waals surface area (Å²) in [6, 6.07) is 9.73. The largest absolute Gasteiger partial charge is 0.342 e. The third kappa shape index (κ3) is 4.12. The summed E-state index contributed by atoms with van der Waals surface area (Å²) in [5.74, 6) is 0.635. The fourth-order valence-corrected chi connectivity index (χ4v) is 3.57. The Morgan fingerprint density at radius 1 is 1.33 bits per heavy atom. The van der Waals surface area contributed by atoms with Gasteiger partial charge in [0.25, 0.3) is 0 Å². The van der Waals surface area contributed by atoms with Gasteiger partial charge in [0, 0.05) is 41.8 Å². The summed E-state index contributed by atoms with van der Waals surface area (Å²) in [6.07, 6.45) is 6.04. The average Bonchev–Trinajstić information content (AvgIpc) is 2.62. The number of benzene rings is 1. The zero-order valence-corrected chi connectivity index (χ0v) is 14.6. The fraction of sp³-hybridized carbons (Fsp3) is 0.421. The Morgan fingerprint density at radius 3 is 2.79 bits per heavy atom. The van der Waals surface area contributed by atoms with Crippen LogP contribution in [0.25, 0.3) is 0 Å². The monoisotopic (exact) mass is 343 g/mol. The summed E-state index contributed by atoms with van der Waals surface area (Å²) in [5, 5.41) is 0.720. The molecule has 2 heterocycles. The van der Waals surface area contributed by atoms with E-state index in [1.165, 1.54) is 0 Å². The Morgan fingerprint density at radius 2 is 2.12 bits per heavy atom. The molecule has 3 rings (SSSR count). The van der Waals surface area contributed by atoms with Gasteiger partial charge in [-0.2, -0.15) is 0 Å². The molecule has 1 atom stereocenters. The molecule has 1 aliphatic rings. The number of rotatable bonds is 4. The van der Waals surface area contributed by atoms with E-state index < -0.39 is 0 Å². The number of aromatic nitrogens is 2. The number of hydrogen-bond donors (Lipinski definition) is 0. The molecular formula is C19H22ClN3O. The van der Waals surface area contributed by atoms with E-state index in [-0.39, 0.29) is 11.8 Å². The molecule has 4 nitrogen and oxygen atoms in total. The van der Waals surface area contributed by atoms with Crippen LogP contribution in [0.4, 0.5) is 0 Å². The van der Waals surface area contributed by atoms with E-state index in [1.807, 2.05) is 42.2 Å². The first-order valence-corrected chi connectivity index (χ1v) is 8.80. The lowest BCUT2D eigenvalue weighted by Crippen LogP contribution is -2.41. The molecule has 5 heteroatoms. The van der Waals surface area contributed by atoms with E-state index in [0.29, 0.717) is 5.92 Å². The number of hydrogen-bond acceptors (Lipinski definition) is 3. The molecule has 1 saturated heterocycles. The minimum atomic E-state index is -0.0286. The Hall–Kier alpha value is -1.94. The van der Waals surface area contributed by atoms with Crippen LogP contribution in [0, 0.1) is 5.92 Å². The first-order chi connectivity index (χ1) is 11.6. The zero-order valence-electron chi connectivity index (χ0n) is 13.9. The molecule has 0 N–H and O–H groups in total. The Bertz CT molecular complexity index is 684. The van der Waals surface area contributed by atoms with E-state index >= 15 is 0 Å². The van der Waals surface area contributed by atoms with Crippen LogP contribution in [0.2, 0.25) is 5.02 Å². The van der Waals surface area contributed by atoms with Crippen molar-refractivity contribution in [1.29, 1.82) is 0 Å². The zero-order chi connectivity index (χ0) is 16.9. The van der Waals surface area contributed by atoms with Gasteiger partial charge in [-0.25, -0.2) is 9.97 Å². The summed E-state index contributed by atoms with van der Waals surface area (Å²) in [5.41, 5.74) is 2.20. The van der Waals surface area contributed by atoms with Gasteiger partial charge in [0.2, 0.25) is 5.91 Å². The Kier molecular flexibility index (Phi) is 5.46. The molecule has 1 unspecified atom stereocenters. The van der Waals surface area contributed by atoms with E-state index in [4.69, 9.17) is 11.6 Å². The van der Waals surface area contributed by atoms with Crippen molar-refractivity contribution < 1.29 is 4.79 Å². The van der Waals surface area contributed by atoms with Crippen molar-refractivity contribution in [3.63, 3.8) is 0 Å². The molecule has 0 spiro atoms. The topological polar surface area (TPSA) is 46.1 Å². The van der Waals surface area contributed by atoms with Gasteiger partial charge in [0.15, 0.2) is 0 Å². The van der Waals surface area contributed by atoms with Gasteiger partial charge in [-0.3, -0.25) is 4.79 Å². The molecule has 1 aromatic heterocycles. The summed E-state index contributed by atoms with van der Waals surface area (Å²) in [4.78, 5) is 23.0. The van der Waals surface area contributed by atoms with Crippen LogP contribution in [0.3, 0.4) is 0 Å². The van der Waals surface area contributed by atoms with Crippen molar-refractivity contribution in [2.45, 2.75) is 32.1 Å². The SMILES string of the molecule is CC(Cc1cccc(Cl)c1)C(=O)N1CCC(c2ccncn2)CC1. The lowest BCUT2D eigenvalue weighted by molar-refractivity contribution is -0.136.